The van der Waals surface area contributed by atoms with Crippen molar-refractivity contribution >= 4 is 5.78 Å². The molecule has 1 aliphatic heterocycles. The Labute approximate surface area is 60.6 Å². The first kappa shape index (κ1) is 7.69. The summed E-state index contributed by atoms with van der Waals surface area (Å²) in [5, 5.41) is 9.06. The van der Waals surface area contributed by atoms with E-state index in [0.29, 0.717) is 13.1 Å². The van der Waals surface area contributed by atoms with E-state index >= 15 is 0 Å². The number of rotatable bonds is 2. The molecule has 1 atom stereocenters. The van der Waals surface area contributed by atoms with Crippen LogP contribution in [0.25, 0.3) is 0 Å². The predicted octanol–water partition coefficient (Wildman–Crippen LogP) is -0.358. The fraction of sp³-hybridized carbons (Fsp3) is 0.857. The minimum absolute atomic E-state index is 0.175. The van der Waals surface area contributed by atoms with Gasteiger partial charge in [0.2, 0.25) is 0 Å². The smallest absolute Gasteiger partial charge is 0.143 e. The van der Waals surface area contributed by atoms with Crippen molar-refractivity contribution in [3.63, 3.8) is 0 Å². The van der Waals surface area contributed by atoms with Gasteiger partial charge in [-0.05, 0) is 13.3 Å². The maximum atomic E-state index is 10.6. The van der Waals surface area contributed by atoms with Gasteiger partial charge >= 0.3 is 0 Å². The zero-order chi connectivity index (χ0) is 7.56. The molecule has 3 nitrogen and oxygen atoms in total. The van der Waals surface area contributed by atoms with Crippen LogP contribution in [0.3, 0.4) is 0 Å². The Balaban J connectivity index is 2.24. The zero-order valence-electron chi connectivity index (χ0n) is 6.21. The van der Waals surface area contributed by atoms with Gasteiger partial charge in [0.05, 0.1) is 12.6 Å². The van der Waals surface area contributed by atoms with Gasteiger partial charge in [0.15, 0.2) is 0 Å². The average Bonchev–Trinajstić information content (AvgIpc) is 2.13. The van der Waals surface area contributed by atoms with E-state index in [4.69, 9.17) is 5.11 Å². The van der Waals surface area contributed by atoms with Crippen LogP contribution in [0.5, 0.6) is 0 Å². The van der Waals surface area contributed by atoms with Gasteiger partial charge in [0.1, 0.15) is 5.78 Å². The lowest BCUT2D eigenvalue weighted by molar-refractivity contribution is -0.117. The molecular formula is C7H13NO2. The van der Waals surface area contributed by atoms with Gasteiger partial charge < -0.3 is 5.11 Å². The molecule has 0 aliphatic carbocycles. The number of ketones is 1. The summed E-state index contributed by atoms with van der Waals surface area (Å²) in [7, 11) is 0. The van der Waals surface area contributed by atoms with Crippen LogP contribution in [0.2, 0.25) is 0 Å². The number of β-amino-alcohol motifs (C(OH)–C–C–N with tert-alkyl or cyclic N) is 1. The summed E-state index contributed by atoms with van der Waals surface area (Å²) in [5.74, 6) is 0.175. The lowest BCUT2D eigenvalue weighted by atomic mass is 10.3. The molecule has 0 radical (unpaired) electrons. The van der Waals surface area contributed by atoms with Crippen LogP contribution in [0, 0.1) is 0 Å². The molecule has 0 bridgehead atoms. The molecule has 0 aromatic heterocycles. The second-order valence-corrected chi connectivity index (χ2v) is 2.88. The minimum atomic E-state index is -0.209. The van der Waals surface area contributed by atoms with Crippen molar-refractivity contribution in [2.45, 2.75) is 19.4 Å². The second kappa shape index (κ2) is 3.12. The van der Waals surface area contributed by atoms with Crippen LogP contribution in [0.4, 0.5) is 0 Å². The highest BCUT2D eigenvalue weighted by molar-refractivity contribution is 5.77. The van der Waals surface area contributed by atoms with Gasteiger partial charge in [-0.15, -0.1) is 0 Å². The molecule has 58 valence electrons. The number of carbonyl (C=O) groups is 1. The van der Waals surface area contributed by atoms with Gasteiger partial charge in [-0.1, -0.05) is 0 Å². The maximum Gasteiger partial charge on any atom is 0.143 e. The third kappa shape index (κ3) is 2.08. The summed E-state index contributed by atoms with van der Waals surface area (Å²) < 4.78 is 0. The van der Waals surface area contributed by atoms with E-state index in [1.165, 1.54) is 0 Å². The molecule has 3 heteroatoms. The number of likely N-dealkylation sites (tertiary alicyclic amines) is 1. The van der Waals surface area contributed by atoms with E-state index in [1.807, 2.05) is 4.90 Å². The van der Waals surface area contributed by atoms with Gasteiger partial charge in [0.25, 0.3) is 0 Å². The molecule has 10 heavy (non-hydrogen) atoms. The van der Waals surface area contributed by atoms with Gasteiger partial charge in [-0.2, -0.15) is 0 Å². The van der Waals surface area contributed by atoms with Gasteiger partial charge in [0, 0.05) is 13.1 Å². The summed E-state index contributed by atoms with van der Waals surface area (Å²) in [6, 6.07) is 0. The Morgan fingerprint density at radius 2 is 2.50 bits per heavy atom. The molecule has 1 saturated heterocycles. The van der Waals surface area contributed by atoms with Crippen molar-refractivity contribution in [1.82, 2.24) is 4.90 Å². The fourth-order valence-corrected chi connectivity index (χ4v) is 1.27. The average molecular weight is 143 g/mol. The number of aliphatic hydroxyl groups is 1. The summed E-state index contributed by atoms with van der Waals surface area (Å²) in [6.45, 7) is 3.60. The normalized spacial score (nSPS) is 27.2. The lowest BCUT2D eigenvalue weighted by Crippen LogP contribution is -2.27. The van der Waals surface area contributed by atoms with E-state index in [1.54, 1.807) is 6.92 Å². The molecule has 1 unspecified atom stereocenters. The van der Waals surface area contributed by atoms with Crippen molar-refractivity contribution in [3.05, 3.63) is 0 Å². The lowest BCUT2D eigenvalue weighted by Gasteiger charge is -2.11. The van der Waals surface area contributed by atoms with Crippen molar-refractivity contribution in [3.8, 4) is 0 Å². The molecule has 0 amide bonds. The topological polar surface area (TPSA) is 40.5 Å². The largest absolute Gasteiger partial charge is 0.392 e. The summed E-state index contributed by atoms with van der Waals surface area (Å²) in [6.07, 6.45) is 0.604. The monoisotopic (exact) mass is 143 g/mol. The molecule has 1 N–H and O–H groups in total. The van der Waals surface area contributed by atoms with E-state index in [-0.39, 0.29) is 11.9 Å². The minimum Gasteiger partial charge on any atom is -0.392 e. The Kier molecular flexibility index (Phi) is 2.40. The van der Waals surface area contributed by atoms with Crippen molar-refractivity contribution < 1.29 is 9.90 Å². The molecule has 0 aromatic rings. The van der Waals surface area contributed by atoms with Gasteiger partial charge in [-0.25, -0.2) is 0 Å². The van der Waals surface area contributed by atoms with Crippen LogP contribution in [0.15, 0.2) is 0 Å². The van der Waals surface area contributed by atoms with E-state index in [9.17, 15) is 4.79 Å². The number of hydrogen-bond donors (Lipinski definition) is 1. The molecular weight excluding hydrogens is 130 g/mol. The first-order valence-corrected chi connectivity index (χ1v) is 3.58. The maximum absolute atomic E-state index is 10.6. The first-order valence-electron chi connectivity index (χ1n) is 3.58. The van der Waals surface area contributed by atoms with E-state index in [0.717, 1.165) is 13.0 Å². The van der Waals surface area contributed by atoms with Gasteiger partial charge in [-0.3, -0.25) is 9.69 Å². The van der Waals surface area contributed by atoms with E-state index in [2.05, 4.69) is 0 Å². The van der Waals surface area contributed by atoms with Crippen LogP contribution in [-0.2, 0) is 4.79 Å². The molecule has 1 fully saturated rings. The molecule has 0 saturated carbocycles. The van der Waals surface area contributed by atoms with E-state index < -0.39 is 0 Å². The predicted molar refractivity (Wildman–Crippen MR) is 37.7 cm³/mol. The Bertz CT molecular complexity index is 136. The highest BCUT2D eigenvalue weighted by Gasteiger charge is 2.20. The third-order valence-electron chi connectivity index (χ3n) is 1.69. The molecule has 0 spiro atoms. The van der Waals surface area contributed by atoms with Crippen LogP contribution >= 0.6 is 0 Å². The molecule has 0 aromatic carbocycles. The quantitative estimate of drug-likeness (QED) is 0.574. The van der Waals surface area contributed by atoms with Crippen LogP contribution in [-0.4, -0.2) is 41.5 Å². The van der Waals surface area contributed by atoms with Crippen LogP contribution < -0.4 is 0 Å². The third-order valence-corrected chi connectivity index (χ3v) is 1.69. The Hall–Kier alpha value is -0.410. The zero-order valence-corrected chi connectivity index (χ0v) is 6.21. The molecule has 1 heterocycles. The Morgan fingerprint density at radius 1 is 1.80 bits per heavy atom. The van der Waals surface area contributed by atoms with Crippen LogP contribution in [0.1, 0.15) is 13.3 Å². The van der Waals surface area contributed by atoms with Crippen molar-refractivity contribution in [2.24, 2.45) is 0 Å². The molecule has 1 rings (SSSR count). The summed E-state index contributed by atoms with van der Waals surface area (Å²) in [4.78, 5) is 12.6. The standard InChI is InChI=1S/C7H13NO2/c1-6(9)4-8-3-2-7(10)5-8/h7,10H,2-5H2,1H3. The fourth-order valence-electron chi connectivity index (χ4n) is 1.27. The number of hydrogen-bond acceptors (Lipinski definition) is 3. The highest BCUT2D eigenvalue weighted by atomic mass is 16.3. The number of aliphatic hydroxyl groups excluding tert-OH is 1. The molecule has 1 aliphatic rings. The SMILES string of the molecule is CC(=O)CN1CCC(O)C1. The first-order chi connectivity index (χ1) is 4.68. The second-order valence-electron chi connectivity index (χ2n) is 2.88. The summed E-state index contributed by atoms with van der Waals surface area (Å²) in [5.41, 5.74) is 0. The Morgan fingerprint density at radius 3 is 2.90 bits per heavy atom. The van der Waals surface area contributed by atoms with Crippen molar-refractivity contribution in [1.29, 1.82) is 0 Å². The van der Waals surface area contributed by atoms with Crippen molar-refractivity contribution in [2.75, 3.05) is 19.6 Å². The summed E-state index contributed by atoms with van der Waals surface area (Å²) >= 11 is 0. The number of Topliss-reactive ketones (excluding diaryl/α,β-unsaturated/α-hetero) is 1. The number of carbonyl (C=O) groups excluding carboxylic acids is 1. The highest BCUT2D eigenvalue weighted by Crippen LogP contribution is 2.07. The number of nitrogens with zero attached hydrogens (tertiary/aromatic N) is 1.